The summed E-state index contributed by atoms with van der Waals surface area (Å²) >= 11 is 1.13. The Bertz CT molecular complexity index is 957. The largest absolute Gasteiger partial charge is 0.363 e. The molecule has 7 nitrogen and oxygen atoms in total. The lowest BCUT2D eigenvalue weighted by atomic mass is 10.0. The molecule has 0 aliphatic rings. The first-order chi connectivity index (χ1) is 13.1. The van der Waals surface area contributed by atoms with Crippen molar-refractivity contribution in [1.82, 2.24) is 14.7 Å². The highest BCUT2D eigenvalue weighted by molar-refractivity contribution is 7.10. The smallest absolute Gasteiger partial charge is 0.287 e. The first-order valence-corrected chi connectivity index (χ1v) is 8.88. The fraction of sp³-hybridized carbons (Fsp3) is 0.105. The van der Waals surface area contributed by atoms with Gasteiger partial charge in [0.05, 0.1) is 22.3 Å². The zero-order chi connectivity index (χ0) is 19.2. The van der Waals surface area contributed by atoms with E-state index in [0.29, 0.717) is 10.6 Å². The second kappa shape index (κ2) is 8.33. The predicted molar refractivity (Wildman–Crippen MR) is 101 cm³/mol. The summed E-state index contributed by atoms with van der Waals surface area (Å²) in [6.45, 7) is 0. The Labute approximate surface area is 159 Å². The number of ketones is 1. The zero-order valence-corrected chi connectivity index (χ0v) is 15.0. The monoisotopic (exact) mass is 380 g/mol. The second-order valence-corrected chi connectivity index (χ2v) is 6.53. The average Bonchev–Trinajstić information content (AvgIpc) is 3.18. The molecule has 1 atom stereocenters. The number of Topliss-reactive ketones (excluding diaryl/α,β-unsaturated/α-hetero) is 1. The zero-order valence-electron chi connectivity index (χ0n) is 14.2. The number of pyridine rings is 1. The van der Waals surface area contributed by atoms with Crippen LogP contribution in [0, 0.1) is 0 Å². The Morgan fingerprint density at radius 3 is 2.48 bits per heavy atom. The summed E-state index contributed by atoms with van der Waals surface area (Å²) in [5.74, 6) is -2.46. The summed E-state index contributed by atoms with van der Waals surface area (Å²) in [6, 6.07) is 13.3. The lowest BCUT2D eigenvalue weighted by Crippen LogP contribution is -2.47. The molecule has 0 radical (unpaired) electrons. The SMILES string of the molecule is NC(=O)C(=O)C(Cc1ccccc1)NC(=O)c1cnsc1-c1ccccn1. The molecular formula is C19H16N4O3S. The number of aromatic nitrogens is 2. The molecule has 3 N–H and O–H groups in total. The van der Waals surface area contributed by atoms with Crippen LogP contribution in [0.25, 0.3) is 10.6 Å². The van der Waals surface area contributed by atoms with E-state index in [9.17, 15) is 14.4 Å². The molecule has 0 spiro atoms. The van der Waals surface area contributed by atoms with E-state index in [2.05, 4.69) is 14.7 Å². The van der Waals surface area contributed by atoms with Gasteiger partial charge in [-0.1, -0.05) is 36.4 Å². The Morgan fingerprint density at radius 2 is 1.81 bits per heavy atom. The minimum absolute atomic E-state index is 0.158. The molecule has 0 bridgehead atoms. The molecule has 136 valence electrons. The van der Waals surface area contributed by atoms with Crippen LogP contribution in [0.2, 0.25) is 0 Å². The van der Waals surface area contributed by atoms with Crippen LogP contribution in [-0.4, -0.2) is 33.0 Å². The maximum atomic E-state index is 12.8. The fourth-order valence-corrected chi connectivity index (χ4v) is 3.27. The molecule has 8 heteroatoms. The third-order valence-electron chi connectivity index (χ3n) is 3.86. The van der Waals surface area contributed by atoms with Crippen molar-refractivity contribution in [2.24, 2.45) is 5.73 Å². The van der Waals surface area contributed by atoms with Gasteiger partial charge in [0, 0.05) is 12.6 Å². The van der Waals surface area contributed by atoms with Crippen LogP contribution in [0.4, 0.5) is 0 Å². The van der Waals surface area contributed by atoms with Gasteiger partial charge in [0.2, 0.25) is 5.78 Å². The van der Waals surface area contributed by atoms with Crippen molar-refractivity contribution in [3.05, 3.63) is 72.1 Å². The molecule has 1 aromatic carbocycles. The Balaban J connectivity index is 1.84. The maximum absolute atomic E-state index is 12.8. The normalized spacial score (nSPS) is 11.6. The number of hydrogen-bond acceptors (Lipinski definition) is 6. The van der Waals surface area contributed by atoms with E-state index in [1.807, 2.05) is 18.2 Å². The molecule has 3 aromatic rings. The lowest BCUT2D eigenvalue weighted by Gasteiger charge is -2.16. The lowest BCUT2D eigenvalue weighted by molar-refractivity contribution is -0.137. The molecule has 27 heavy (non-hydrogen) atoms. The van der Waals surface area contributed by atoms with Crippen molar-refractivity contribution in [2.75, 3.05) is 0 Å². The number of nitrogens with one attached hydrogen (secondary N) is 1. The Morgan fingerprint density at radius 1 is 1.07 bits per heavy atom. The molecule has 0 saturated heterocycles. The van der Waals surface area contributed by atoms with Crippen molar-refractivity contribution < 1.29 is 14.4 Å². The van der Waals surface area contributed by atoms with Crippen LogP contribution < -0.4 is 11.1 Å². The highest BCUT2D eigenvalue weighted by atomic mass is 32.1. The van der Waals surface area contributed by atoms with Crippen LogP contribution in [0.1, 0.15) is 15.9 Å². The van der Waals surface area contributed by atoms with Crippen LogP contribution in [-0.2, 0) is 16.0 Å². The summed E-state index contributed by atoms with van der Waals surface area (Å²) in [5, 5.41) is 2.61. The van der Waals surface area contributed by atoms with Crippen molar-refractivity contribution in [3.63, 3.8) is 0 Å². The van der Waals surface area contributed by atoms with Gasteiger partial charge >= 0.3 is 0 Å². The summed E-state index contributed by atoms with van der Waals surface area (Å²) in [5.41, 5.74) is 6.83. The van der Waals surface area contributed by atoms with E-state index in [1.165, 1.54) is 6.20 Å². The second-order valence-electron chi connectivity index (χ2n) is 5.73. The van der Waals surface area contributed by atoms with Crippen molar-refractivity contribution in [2.45, 2.75) is 12.5 Å². The van der Waals surface area contributed by atoms with Gasteiger partial charge in [0.1, 0.15) is 6.04 Å². The molecule has 2 amide bonds. The van der Waals surface area contributed by atoms with Crippen LogP contribution in [0.5, 0.6) is 0 Å². The van der Waals surface area contributed by atoms with Crippen LogP contribution in [0.3, 0.4) is 0 Å². The molecule has 2 aromatic heterocycles. The Hall–Kier alpha value is -3.39. The number of nitrogens with two attached hydrogens (primary N) is 1. The van der Waals surface area contributed by atoms with Gasteiger partial charge in [0.15, 0.2) is 0 Å². The third kappa shape index (κ3) is 4.42. The highest BCUT2D eigenvalue weighted by Gasteiger charge is 2.27. The third-order valence-corrected chi connectivity index (χ3v) is 4.68. The Kier molecular flexibility index (Phi) is 5.68. The molecule has 1 unspecified atom stereocenters. The van der Waals surface area contributed by atoms with Gasteiger partial charge in [-0.15, -0.1) is 0 Å². The first kappa shape index (κ1) is 18.4. The number of rotatable bonds is 7. The van der Waals surface area contributed by atoms with E-state index in [4.69, 9.17) is 5.73 Å². The van der Waals surface area contributed by atoms with Gasteiger partial charge in [-0.05, 0) is 29.2 Å². The van der Waals surface area contributed by atoms with E-state index in [-0.39, 0.29) is 12.0 Å². The minimum Gasteiger partial charge on any atom is -0.363 e. The number of carbonyl (C=O) groups excluding carboxylic acids is 3. The number of hydrogen-bond donors (Lipinski definition) is 2. The number of benzene rings is 1. The predicted octanol–water partition coefficient (Wildman–Crippen LogP) is 1.60. The van der Waals surface area contributed by atoms with Gasteiger partial charge < -0.3 is 11.1 Å². The van der Waals surface area contributed by atoms with Gasteiger partial charge in [0.25, 0.3) is 11.8 Å². The molecule has 2 heterocycles. The van der Waals surface area contributed by atoms with Crippen molar-refractivity contribution >= 4 is 29.1 Å². The number of primary amides is 1. The number of carbonyl (C=O) groups is 3. The van der Waals surface area contributed by atoms with Crippen LogP contribution >= 0.6 is 11.5 Å². The van der Waals surface area contributed by atoms with Crippen molar-refractivity contribution in [3.8, 4) is 10.6 Å². The summed E-state index contributed by atoms with van der Waals surface area (Å²) in [7, 11) is 0. The molecular weight excluding hydrogens is 364 g/mol. The molecule has 0 aliphatic carbocycles. The summed E-state index contributed by atoms with van der Waals surface area (Å²) in [6.07, 6.45) is 3.19. The van der Waals surface area contributed by atoms with Gasteiger partial charge in [-0.25, -0.2) is 0 Å². The highest BCUT2D eigenvalue weighted by Crippen LogP contribution is 2.25. The van der Waals surface area contributed by atoms with E-state index < -0.39 is 23.6 Å². The van der Waals surface area contributed by atoms with E-state index >= 15 is 0 Å². The minimum atomic E-state index is -1.09. The van der Waals surface area contributed by atoms with E-state index in [0.717, 1.165) is 17.1 Å². The fourth-order valence-electron chi connectivity index (χ4n) is 2.55. The topological polar surface area (TPSA) is 115 Å². The molecule has 3 rings (SSSR count). The number of amides is 2. The summed E-state index contributed by atoms with van der Waals surface area (Å²) < 4.78 is 4.06. The molecule has 0 aliphatic heterocycles. The van der Waals surface area contributed by atoms with Crippen LogP contribution in [0.15, 0.2) is 60.9 Å². The molecule has 0 fully saturated rings. The maximum Gasteiger partial charge on any atom is 0.287 e. The van der Waals surface area contributed by atoms with E-state index in [1.54, 1.807) is 36.5 Å². The quantitative estimate of drug-likeness (QED) is 0.604. The average molecular weight is 380 g/mol. The molecule has 0 saturated carbocycles. The standard InChI is InChI=1S/C19H16N4O3S/c20-18(25)16(24)15(10-12-6-2-1-3-7-12)23-19(26)13-11-22-27-17(13)14-8-4-5-9-21-14/h1-9,11,15H,10H2,(H2,20,25)(H,23,26). The first-order valence-electron chi connectivity index (χ1n) is 8.10. The van der Waals surface area contributed by atoms with Gasteiger partial charge in [-0.2, -0.15) is 4.37 Å². The van der Waals surface area contributed by atoms with Gasteiger partial charge in [-0.3, -0.25) is 19.4 Å². The van der Waals surface area contributed by atoms with Crippen molar-refractivity contribution in [1.29, 1.82) is 0 Å². The number of nitrogens with zero attached hydrogens (tertiary/aromatic N) is 2. The summed E-state index contributed by atoms with van der Waals surface area (Å²) in [4.78, 5) is 41.1.